The molecule has 23 heavy (non-hydrogen) atoms. The number of hydrogen-bond donors (Lipinski definition) is 0. The molecule has 0 saturated carbocycles. The zero-order chi connectivity index (χ0) is 16.4. The maximum absolute atomic E-state index is 12.7. The molecular formula is C19H21N3O. The molecule has 0 aliphatic carbocycles. The van der Waals surface area contributed by atoms with Gasteiger partial charge in [0.15, 0.2) is 0 Å². The summed E-state index contributed by atoms with van der Waals surface area (Å²) in [5.41, 5.74) is 2.84. The number of imidazole rings is 1. The van der Waals surface area contributed by atoms with Gasteiger partial charge in [0.05, 0.1) is 11.0 Å². The molecule has 2 aromatic carbocycles. The Labute approximate surface area is 136 Å². The van der Waals surface area contributed by atoms with Gasteiger partial charge < -0.3 is 9.47 Å². The van der Waals surface area contributed by atoms with Gasteiger partial charge in [-0.15, -0.1) is 0 Å². The molecule has 0 bridgehead atoms. The van der Waals surface area contributed by atoms with E-state index in [0.29, 0.717) is 6.54 Å². The van der Waals surface area contributed by atoms with Crippen molar-refractivity contribution in [1.29, 1.82) is 0 Å². The third-order valence-corrected chi connectivity index (χ3v) is 4.01. The Morgan fingerprint density at radius 2 is 1.74 bits per heavy atom. The van der Waals surface area contributed by atoms with Gasteiger partial charge in [-0.3, -0.25) is 4.79 Å². The number of anilines is 1. The molecule has 4 heteroatoms. The lowest BCUT2D eigenvalue weighted by atomic mass is 10.2. The number of carbonyl (C=O) groups excluding carboxylic acids is 1. The van der Waals surface area contributed by atoms with E-state index in [-0.39, 0.29) is 11.8 Å². The number of carbonyl (C=O) groups is 1. The molecule has 0 unspecified atom stereocenters. The van der Waals surface area contributed by atoms with E-state index in [0.717, 1.165) is 22.5 Å². The fourth-order valence-corrected chi connectivity index (χ4v) is 2.74. The van der Waals surface area contributed by atoms with Crippen LogP contribution in [0.5, 0.6) is 0 Å². The smallest absolute Gasteiger partial charge is 0.246 e. The van der Waals surface area contributed by atoms with Crippen molar-refractivity contribution < 1.29 is 4.79 Å². The molecule has 4 nitrogen and oxygen atoms in total. The molecule has 0 aliphatic rings. The molecule has 3 aromatic rings. The minimum absolute atomic E-state index is 0.0428. The Hall–Kier alpha value is -2.62. The van der Waals surface area contributed by atoms with Crippen LogP contribution < -0.4 is 4.90 Å². The number of benzene rings is 2. The molecule has 118 valence electrons. The first-order chi connectivity index (χ1) is 11.1. The Balaban J connectivity index is 1.94. The maximum atomic E-state index is 12.7. The first-order valence-corrected chi connectivity index (χ1v) is 7.84. The van der Waals surface area contributed by atoms with E-state index in [1.807, 2.05) is 66.2 Å². The van der Waals surface area contributed by atoms with Gasteiger partial charge in [-0.05, 0) is 24.3 Å². The summed E-state index contributed by atoms with van der Waals surface area (Å²) in [6.45, 7) is 4.49. The molecule has 0 aliphatic heterocycles. The molecular weight excluding hydrogens is 286 g/mol. The fraction of sp³-hybridized carbons (Fsp3) is 0.263. The van der Waals surface area contributed by atoms with Crippen molar-refractivity contribution in [3.8, 4) is 0 Å². The van der Waals surface area contributed by atoms with Crippen LogP contribution in [0.3, 0.4) is 0 Å². The summed E-state index contributed by atoms with van der Waals surface area (Å²) in [6.07, 6.45) is 0. The minimum Gasteiger partial charge on any atom is -0.318 e. The van der Waals surface area contributed by atoms with Crippen LogP contribution >= 0.6 is 0 Å². The second-order valence-corrected chi connectivity index (χ2v) is 5.99. The summed E-state index contributed by atoms with van der Waals surface area (Å²) in [4.78, 5) is 19.1. The van der Waals surface area contributed by atoms with Crippen LogP contribution in [0.2, 0.25) is 0 Å². The third kappa shape index (κ3) is 2.97. The number of hydrogen-bond acceptors (Lipinski definition) is 2. The molecule has 3 rings (SSSR count). The van der Waals surface area contributed by atoms with Crippen molar-refractivity contribution in [2.75, 3.05) is 11.9 Å². The largest absolute Gasteiger partial charge is 0.318 e. The standard InChI is InChI=1S/C19H21N3O/c1-14(2)19-20-16-11-7-8-12-17(16)22(19)13-18(23)21(3)15-9-5-4-6-10-15/h4-12,14H,13H2,1-3H3. The second kappa shape index (κ2) is 6.24. The Morgan fingerprint density at radius 3 is 2.43 bits per heavy atom. The molecule has 1 aromatic heterocycles. The van der Waals surface area contributed by atoms with Crippen LogP contribution in [0.25, 0.3) is 11.0 Å². The van der Waals surface area contributed by atoms with Gasteiger partial charge >= 0.3 is 0 Å². The van der Waals surface area contributed by atoms with E-state index in [1.54, 1.807) is 4.90 Å². The zero-order valence-electron chi connectivity index (χ0n) is 13.7. The van der Waals surface area contributed by atoms with Crippen LogP contribution in [-0.2, 0) is 11.3 Å². The summed E-state index contributed by atoms with van der Waals surface area (Å²) in [6, 6.07) is 17.7. The lowest BCUT2D eigenvalue weighted by Crippen LogP contribution is -2.30. The van der Waals surface area contributed by atoms with Crippen LogP contribution in [0, 0.1) is 0 Å². The summed E-state index contributed by atoms with van der Waals surface area (Å²) >= 11 is 0. The summed E-state index contributed by atoms with van der Waals surface area (Å²) < 4.78 is 2.03. The summed E-state index contributed by atoms with van der Waals surface area (Å²) in [5, 5.41) is 0. The van der Waals surface area contributed by atoms with E-state index >= 15 is 0 Å². The monoisotopic (exact) mass is 307 g/mol. The van der Waals surface area contributed by atoms with E-state index < -0.39 is 0 Å². The van der Waals surface area contributed by atoms with Gasteiger partial charge in [-0.1, -0.05) is 44.2 Å². The van der Waals surface area contributed by atoms with Gasteiger partial charge in [0.25, 0.3) is 0 Å². The molecule has 0 atom stereocenters. The van der Waals surface area contributed by atoms with Gasteiger partial charge in [0.1, 0.15) is 12.4 Å². The van der Waals surface area contributed by atoms with Gasteiger partial charge in [-0.25, -0.2) is 4.98 Å². The molecule has 0 fully saturated rings. The van der Waals surface area contributed by atoms with Gasteiger partial charge in [0.2, 0.25) is 5.91 Å². The Kier molecular flexibility index (Phi) is 4.15. The molecule has 1 amide bonds. The van der Waals surface area contributed by atoms with E-state index in [1.165, 1.54) is 0 Å². The minimum atomic E-state index is 0.0428. The normalized spacial score (nSPS) is 11.1. The predicted molar refractivity (Wildman–Crippen MR) is 93.7 cm³/mol. The highest BCUT2D eigenvalue weighted by Crippen LogP contribution is 2.22. The third-order valence-electron chi connectivity index (χ3n) is 4.01. The van der Waals surface area contributed by atoms with Crippen LogP contribution in [0.4, 0.5) is 5.69 Å². The molecule has 0 saturated heterocycles. The zero-order valence-corrected chi connectivity index (χ0v) is 13.7. The number of rotatable bonds is 4. The van der Waals surface area contributed by atoms with Crippen molar-refractivity contribution in [2.24, 2.45) is 0 Å². The molecule has 1 heterocycles. The average Bonchev–Trinajstić information content (AvgIpc) is 2.94. The Morgan fingerprint density at radius 1 is 1.09 bits per heavy atom. The van der Waals surface area contributed by atoms with Crippen molar-refractivity contribution in [2.45, 2.75) is 26.3 Å². The first kappa shape index (κ1) is 15.3. The van der Waals surface area contributed by atoms with Crippen LogP contribution in [0.1, 0.15) is 25.6 Å². The maximum Gasteiger partial charge on any atom is 0.246 e. The fourth-order valence-electron chi connectivity index (χ4n) is 2.74. The van der Waals surface area contributed by atoms with Gasteiger partial charge in [0, 0.05) is 18.7 Å². The van der Waals surface area contributed by atoms with Crippen molar-refractivity contribution >= 4 is 22.6 Å². The van der Waals surface area contributed by atoms with Crippen molar-refractivity contribution in [3.05, 3.63) is 60.4 Å². The van der Waals surface area contributed by atoms with E-state index in [4.69, 9.17) is 0 Å². The molecule has 0 N–H and O–H groups in total. The summed E-state index contributed by atoms with van der Waals surface area (Å²) in [7, 11) is 1.81. The Bertz CT molecular complexity index is 821. The van der Waals surface area contributed by atoms with Crippen molar-refractivity contribution in [1.82, 2.24) is 9.55 Å². The SMILES string of the molecule is CC(C)c1nc2ccccc2n1CC(=O)N(C)c1ccccc1. The van der Waals surface area contributed by atoms with Crippen LogP contribution in [0.15, 0.2) is 54.6 Å². The first-order valence-electron chi connectivity index (χ1n) is 7.84. The number of nitrogens with zero attached hydrogens (tertiary/aromatic N) is 3. The number of aromatic nitrogens is 2. The predicted octanol–water partition coefficient (Wildman–Crippen LogP) is 3.82. The highest BCUT2D eigenvalue weighted by Gasteiger charge is 2.18. The lowest BCUT2D eigenvalue weighted by molar-refractivity contribution is -0.118. The molecule has 0 radical (unpaired) electrons. The van der Waals surface area contributed by atoms with E-state index in [9.17, 15) is 4.79 Å². The van der Waals surface area contributed by atoms with Gasteiger partial charge in [-0.2, -0.15) is 0 Å². The number of amides is 1. The van der Waals surface area contributed by atoms with Crippen LogP contribution in [-0.4, -0.2) is 22.5 Å². The number of para-hydroxylation sites is 3. The van der Waals surface area contributed by atoms with E-state index in [2.05, 4.69) is 18.8 Å². The highest BCUT2D eigenvalue weighted by molar-refractivity contribution is 5.93. The summed E-state index contributed by atoms with van der Waals surface area (Å²) in [5.74, 6) is 1.25. The topological polar surface area (TPSA) is 38.1 Å². The number of likely N-dealkylation sites (N-methyl/N-ethyl adjacent to an activating group) is 1. The quantitative estimate of drug-likeness (QED) is 0.735. The highest BCUT2D eigenvalue weighted by atomic mass is 16.2. The average molecular weight is 307 g/mol. The second-order valence-electron chi connectivity index (χ2n) is 5.99. The lowest BCUT2D eigenvalue weighted by Gasteiger charge is -2.19. The number of fused-ring (bicyclic) bond motifs is 1. The van der Waals surface area contributed by atoms with Crippen molar-refractivity contribution in [3.63, 3.8) is 0 Å². The molecule has 0 spiro atoms.